The van der Waals surface area contributed by atoms with E-state index in [0.717, 1.165) is 69.0 Å². The predicted molar refractivity (Wildman–Crippen MR) is 154 cm³/mol. The second-order valence-electron chi connectivity index (χ2n) is 11.1. The van der Waals surface area contributed by atoms with Gasteiger partial charge in [0, 0.05) is 54.4 Å². The molecule has 1 amide bonds. The van der Waals surface area contributed by atoms with Crippen molar-refractivity contribution in [2.24, 2.45) is 0 Å². The SMILES string of the molecule is C[C@H](Oc1cc(N2CCNCC2)cc(C(=N)NC(=O)[C@@]2(C)CCCc3sc(N)c(C#N)c32)n1)[C@@H]1CCCN1C. The van der Waals surface area contributed by atoms with E-state index in [1.165, 1.54) is 11.3 Å². The van der Waals surface area contributed by atoms with Gasteiger partial charge in [-0.05, 0) is 65.6 Å². The first-order valence-corrected chi connectivity index (χ1v) is 14.6. The van der Waals surface area contributed by atoms with Gasteiger partial charge in [0.2, 0.25) is 11.8 Å². The summed E-state index contributed by atoms with van der Waals surface area (Å²) >= 11 is 1.39. The van der Waals surface area contributed by atoms with Gasteiger partial charge in [-0.25, -0.2) is 4.98 Å². The van der Waals surface area contributed by atoms with Gasteiger partial charge < -0.3 is 26.0 Å². The van der Waals surface area contributed by atoms with Gasteiger partial charge in [0.05, 0.1) is 11.0 Å². The lowest BCUT2D eigenvalue weighted by Crippen LogP contribution is -2.47. The average Bonchev–Trinajstić information content (AvgIpc) is 3.51. The molecular formula is C28H38N8O2S. The van der Waals surface area contributed by atoms with Crippen LogP contribution in [0.1, 0.15) is 61.2 Å². The number of likely N-dealkylation sites (tertiary alicyclic amines) is 1. The van der Waals surface area contributed by atoms with Crippen LogP contribution in [0.15, 0.2) is 12.1 Å². The number of carbonyl (C=O) groups is 1. The van der Waals surface area contributed by atoms with E-state index in [9.17, 15) is 10.1 Å². The Morgan fingerprint density at radius 1 is 1.36 bits per heavy atom. The Hall–Kier alpha value is -3.20. The van der Waals surface area contributed by atoms with Crippen molar-refractivity contribution in [2.75, 3.05) is 50.4 Å². The summed E-state index contributed by atoms with van der Waals surface area (Å²) in [5.74, 6) is 0.0550. The van der Waals surface area contributed by atoms with Gasteiger partial charge in [0.15, 0.2) is 5.84 Å². The standard InChI is InChI=1S/C28H38N8O2S/c1-17(21-6-5-11-35(21)3)38-23-15-18(36-12-9-32-10-13-36)14-20(33-23)25(30)34-27(37)28(2)8-4-7-22-24(28)19(16-29)26(31)39-22/h14-15,17,21,32H,4-13,31H2,1-3H3,(H2,30,34,37)/t17-,21-,28-/m0/s1. The predicted octanol–water partition coefficient (Wildman–Crippen LogP) is 2.60. The van der Waals surface area contributed by atoms with Crippen molar-refractivity contribution in [3.8, 4) is 11.9 Å². The molecule has 0 saturated carbocycles. The molecule has 2 fully saturated rings. The van der Waals surface area contributed by atoms with E-state index in [2.05, 4.69) is 45.5 Å². The first kappa shape index (κ1) is 27.4. The number of nitrogens with zero attached hydrogens (tertiary/aromatic N) is 4. The maximum Gasteiger partial charge on any atom is 0.236 e. The number of aryl methyl sites for hydroxylation is 1. The van der Waals surface area contributed by atoms with Gasteiger partial charge in [-0.1, -0.05) is 0 Å². The summed E-state index contributed by atoms with van der Waals surface area (Å²) < 4.78 is 6.36. The Morgan fingerprint density at radius 2 is 2.13 bits per heavy atom. The molecule has 11 heteroatoms. The highest BCUT2D eigenvalue weighted by Crippen LogP contribution is 2.45. The third-order valence-electron chi connectivity index (χ3n) is 8.44. The summed E-state index contributed by atoms with van der Waals surface area (Å²) in [4.78, 5) is 24.0. The molecule has 0 aromatic carbocycles. The Labute approximate surface area is 234 Å². The molecule has 2 saturated heterocycles. The van der Waals surface area contributed by atoms with Gasteiger partial charge in [-0.15, -0.1) is 11.3 Å². The van der Waals surface area contributed by atoms with Crippen molar-refractivity contribution >= 4 is 33.8 Å². The minimum Gasteiger partial charge on any atom is -0.473 e. The molecule has 0 unspecified atom stereocenters. The van der Waals surface area contributed by atoms with Crippen LogP contribution in [0.25, 0.3) is 0 Å². The van der Waals surface area contributed by atoms with E-state index in [1.807, 2.05) is 19.1 Å². The monoisotopic (exact) mass is 550 g/mol. The number of aromatic nitrogens is 1. The lowest BCUT2D eigenvalue weighted by atomic mass is 9.72. The van der Waals surface area contributed by atoms with Gasteiger partial charge in [0.1, 0.15) is 22.9 Å². The number of rotatable bonds is 6. The van der Waals surface area contributed by atoms with Crippen LogP contribution in [0.3, 0.4) is 0 Å². The molecule has 5 rings (SSSR count). The van der Waals surface area contributed by atoms with Gasteiger partial charge in [0.25, 0.3) is 0 Å². The number of piperazine rings is 1. The number of hydrogen-bond donors (Lipinski definition) is 4. The van der Waals surface area contributed by atoms with Crippen molar-refractivity contribution in [3.05, 3.63) is 33.8 Å². The number of fused-ring (bicyclic) bond motifs is 1. The zero-order valence-corrected chi connectivity index (χ0v) is 23.8. The summed E-state index contributed by atoms with van der Waals surface area (Å²) in [6.07, 6.45) is 4.36. The molecule has 208 valence electrons. The number of nitrogens with two attached hydrogens (primary N) is 1. The second-order valence-corrected chi connectivity index (χ2v) is 12.2. The summed E-state index contributed by atoms with van der Waals surface area (Å²) in [6, 6.07) is 6.31. The molecule has 3 atom stereocenters. The Balaban J connectivity index is 1.42. The molecule has 39 heavy (non-hydrogen) atoms. The van der Waals surface area contributed by atoms with Crippen LogP contribution >= 0.6 is 11.3 Å². The molecule has 0 radical (unpaired) electrons. The van der Waals surface area contributed by atoms with Crippen molar-refractivity contribution in [2.45, 2.75) is 63.5 Å². The molecule has 2 aliphatic heterocycles. The fourth-order valence-corrected chi connectivity index (χ4v) is 7.41. The molecule has 10 nitrogen and oxygen atoms in total. The number of carbonyl (C=O) groups excluding carboxylic acids is 1. The fraction of sp³-hybridized carbons (Fsp3) is 0.571. The highest BCUT2D eigenvalue weighted by atomic mass is 32.1. The topological polar surface area (TPSA) is 143 Å². The lowest BCUT2D eigenvalue weighted by Gasteiger charge is -2.33. The maximum atomic E-state index is 13.7. The first-order valence-electron chi connectivity index (χ1n) is 13.8. The van der Waals surface area contributed by atoms with Gasteiger partial charge in [-0.3, -0.25) is 15.1 Å². The Kier molecular flexibility index (Phi) is 7.80. The quantitative estimate of drug-likeness (QED) is 0.317. The molecular weight excluding hydrogens is 512 g/mol. The summed E-state index contributed by atoms with van der Waals surface area (Å²) in [5, 5.41) is 25.3. The minimum atomic E-state index is -0.948. The third kappa shape index (κ3) is 5.33. The number of likely N-dealkylation sites (N-methyl/N-ethyl adjacent to an activating group) is 1. The first-order chi connectivity index (χ1) is 18.7. The minimum absolute atomic E-state index is 0.0621. The van der Waals surface area contributed by atoms with Crippen LogP contribution in [0.5, 0.6) is 5.88 Å². The third-order valence-corrected chi connectivity index (χ3v) is 9.52. The number of ether oxygens (including phenoxy) is 1. The van der Waals surface area contributed by atoms with Crippen LogP contribution in [0.4, 0.5) is 10.7 Å². The zero-order valence-electron chi connectivity index (χ0n) is 23.0. The highest BCUT2D eigenvalue weighted by Gasteiger charge is 2.43. The average molecular weight is 551 g/mol. The van der Waals surface area contributed by atoms with Crippen LogP contribution in [0, 0.1) is 16.7 Å². The van der Waals surface area contributed by atoms with Crippen LogP contribution in [-0.4, -0.2) is 73.5 Å². The summed E-state index contributed by atoms with van der Waals surface area (Å²) in [5.41, 5.74) is 7.56. The van der Waals surface area contributed by atoms with Crippen LogP contribution in [0.2, 0.25) is 0 Å². The fourth-order valence-electron chi connectivity index (χ4n) is 6.22. The molecule has 3 aliphatic rings. The summed E-state index contributed by atoms with van der Waals surface area (Å²) in [6.45, 7) is 8.38. The Bertz CT molecular complexity index is 1300. The number of nitrogens with one attached hydrogen (secondary N) is 3. The van der Waals surface area contributed by atoms with E-state index in [0.29, 0.717) is 40.2 Å². The van der Waals surface area contributed by atoms with E-state index < -0.39 is 5.41 Å². The highest BCUT2D eigenvalue weighted by molar-refractivity contribution is 7.16. The molecule has 2 aromatic heterocycles. The van der Waals surface area contributed by atoms with Crippen LogP contribution < -0.4 is 26.0 Å². The lowest BCUT2D eigenvalue weighted by molar-refractivity contribution is -0.125. The number of nitriles is 1. The largest absolute Gasteiger partial charge is 0.473 e. The summed E-state index contributed by atoms with van der Waals surface area (Å²) in [7, 11) is 2.12. The number of amides is 1. The smallest absolute Gasteiger partial charge is 0.236 e. The number of hydrogen-bond acceptors (Lipinski definition) is 10. The van der Waals surface area contributed by atoms with E-state index >= 15 is 0 Å². The Morgan fingerprint density at radius 3 is 2.82 bits per heavy atom. The molecule has 0 bridgehead atoms. The number of anilines is 2. The number of pyridine rings is 1. The van der Waals surface area contributed by atoms with Gasteiger partial charge >= 0.3 is 0 Å². The molecule has 2 aromatic rings. The number of thiophene rings is 1. The van der Waals surface area contributed by atoms with Crippen molar-refractivity contribution in [1.29, 1.82) is 10.7 Å². The molecule has 0 spiro atoms. The molecule has 1 aliphatic carbocycles. The zero-order chi connectivity index (χ0) is 27.7. The maximum absolute atomic E-state index is 13.7. The van der Waals surface area contributed by atoms with E-state index in [4.69, 9.17) is 15.9 Å². The van der Waals surface area contributed by atoms with E-state index in [1.54, 1.807) is 0 Å². The van der Waals surface area contributed by atoms with Crippen LogP contribution in [-0.2, 0) is 16.6 Å². The van der Waals surface area contributed by atoms with Gasteiger partial charge in [-0.2, -0.15) is 5.26 Å². The van der Waals surface area contributed by atoms with Crippen molar-refractivity contribution in [3.63, 3.8) is 0 Å². The molecule has 4 heterocycles. The van der Waals surface area contributed by atoms with E-state index in [-0.39, 0.29) is 17.8 Å². The van der Waals surface area contributed by atoms with Crippen molar-refractivity contribution < 1.29 is 9.53 Å². The molecule has 5 N–H and O–H groups in total. The normalized spacial score (nSPS) is 24.1. The number of nitrogen functional groups attached to an aromatic ring is 1. The van der Waals surface area contributed by atoms with Crippen molar-refractivity contribution in [1.82, 2.24) is 20.5 Å². The number of amidine groups is 1. The second kappa shape index (κ2) is 11.1.